The predicted octanol–water partition coefficient (Wildman–Crippen LogP) is 4.76. The van der Waals surface area contributed by atoms with E-state index in [4.69, 9.17) is 0 Å². The lowest BCUT2D eigenvalue weighted by molar-refractivity contribution is -0.121. The highest BCUT2D eigenvalue weighted by atomic mass is 16.1. The molecular weight excluding hydrogens is 244 g/mol. The van der Waals surface area contributed by atoms with Crippen LogP contribution in [0.25, 0.3) is 11.1 Å². The normalized spacial score (nSPS) is 21.1. The van der Waals surface area contributed by atoms with E-state index in [0.29, 0.717) is 5.78 Å². The van der Waals surface area contributed by atoms with Crippen LogP contribution in [0.5, 0.6) is 0 Å². The second-order valence-electron chi connectivity index (χ2n) is 5.92. The molecule has 0 saturated carbocycles. The molecule has 2 aromatic rings. The second kappa shape index (κ2) is 4.59. The average molecular weight is 264 g/mol. The second-order valence-corrected chi connectivity index (χ2v) is 5.92. The van der Waals surface area contributed by atoms with Gasteiger partial charge in [0.1, 0.15) is 5.78 Å². The van der Waals surface area contributed by atoms with Crippen molar-refractivity contribution in [2.45, 2.75) is 39.5 Å². The SMILES string of the molecule is Cc1cccc2c1-c1c(C)cccc1C(C)C(=O)C2C. The van der Waals surface area contributed by atoms with Gasteiger partial charge >= 0.3 is 0 Å². The van der Waals surface area contributed by atoms with Crippen molar-refractivity contribution in [3.8, 4) is 11.1 Å². The lowest BCUT2D eigenvalue weighted by atomic mass is 9.87. The lowest BCUT2D eigenvalue weighted by Gasteiger charge is -2.17. The van der Waals surface area contributed by atoms with E-state index in [2.05, 4.69) is 50.2 Å². The summed E-state index contributed by atoms with van der Waals surface area (Å²) < 4.78 is 0. The third-order valence-electron chi connectivity index (χ3n) is 4.65. The Morgan fingerprint density at radius 3 is 1.55 bits per heavy atom. The molecule has 0 bridgehead atoms. The third kappa shape index (κ3) is 1.73. The number of benzene rings is 2. The quantitative estimate of drug-likeness (QED) is 0.670. The van der Waals surface area contributed by atoms with Crippen LogP contribution in [0, 0.1) is 13.8 Å². The van der Waals surface area contributed by atoms with Crippen molar-refractivity contribution in [3.63, 3.8) is 0 Å². The lowest BCUT2D eigenvalue weighted by Crippen LogP contribution is -2.14. The van der Waals surface area contributed by atoms with Crippen LogP contribution in [0.4, 0.5) is 0 Å². The average Bonchev–Trinajstić information content (AvgIpc) is 2.52. The van der Waals surface area contributed by atoms with Gasteiger partial charge in [-0.15, -0.1) is 0 Å². The van der Waals surface area contributed by atoms with Crippen LogP contribution in [0.15, 0.2) is 36.4 Å². The van der Waals surface area contributed by atoms with Crippen molar-refractivity contribution in [1.29, 1.82) is 0 Å². The van der Waals surface area contributed by atoms with Crippen LogP contribution >= 0.6 is 0 Å². The topological polar surface area (TPSA) is 17.1 Å². The number of hydrogen-bond donors (Lipinski definition) is 0. The molecule has 3 rings (SSSR count). The number of Topliss-reactive ketones (excluding diaryl/α,β-unsaturated/α-hetero) is 1. The standard InChI is InChI=1S/C19H20O/c1-11-7-5-9-15-13(3)19(20)14(4)16-10-6-8-12(2)18(16)17(11)15/h5-10,13-14H,1-4H3. The molecule has 0 heterocycles. The Morgan fingerprint density at radius 2 is 1.15 bits per heavy atom. The molecule has 0 aromatic heterocycles. The number of ketones is 1. The van der Waals surface area contributed by atoms with Crippen LogP contribution in [0.3, 0.4) is 0 Å². The first-order valence-corrected chi connectivity index (χ1v) is 7.25. The Hall–Kier alpha value is -1.89. The number of carbonyl (C=O) groups excluding carboxylic acids is 1. The van der Waals surface area contributed by atoms with Gasteiger partial charge in [0.15, 0.2) is 0 Å². The zero-order valence-electron chi connectivity index (χ0n) is 12.5. The van der Waals surface area contributed by atoms with Crippen LogP contribution in [0.2, 0.25) is 0 Å². The van der Waals surface area contributed by atoms with Gasteiger partial charge in [0.25, 0.3) is 0 Å². The van der Waals surface area contributed by atoms with Crippen molar-refractivity contribution in [2.24, 2.45) is 0 Å². The van der Waals surface area contributed by atoms with E-state index in [0.717, 1.165) is 0 Å². The number of rotatable bonds is 0. The first-order valence-electron chi connectivity index (χ1n) is 7.25. The molecule has 0 spiro atoms. The molecule has 2 unspecified atom stereocenters. The van der Waals surface area contributed by atoms with Crippen LogP contribution in [-0.4, -0.2) is 5.78 Å². The van der Waals surface area contributed by atoms with Gasteiger partial charge in [-0.3, -0.25) is 4.79 Å². The number of aryl methyl sites for hydroxylation is 2. The molecule has 1 aliphatic rings. The third-order valence-corrected chi connectivity index (χ3v) is 4.65. The first-order chi connectivity index (χ1) is 9.52. The van der Waals surface area contributed by atoms with E-state index in [9.17, 15) is 4.79 Å². The number of fused-ring (bicyclic) bond motifs is 3. The molecule has 2 aromatic carbocycles. The van der Waals surface area contributed by atoms with E-state index in [1.165, 1.54) is 33.4 Å². The summed E-state index contributed by atoms with van der Waals surface area (Å²) in [6.45, 7) is 8.36. The minimum atomic E-state index is -0.0355. The minimum absolute atomic E-state index is 0.0355. The summed E-state index contributed by atoms with van der Waals surface area (Å²) in [5.74, 6) is 0.250. The first kappa shape index (κ1) is 13.1. The fraction of sp³-hybridized carbons (Fsp3) is 0.316. The summed E-state index contributed by atoms with van der Waals surface area (Å²) in [5.41, 5.74) is 7.40. The van der Waals surface area contributed by atoms with Gasteiger partial charge in [-0.2, -0.15) is 0 Å². The molecule has 1 heteroatoms. The Balaban J connectivity index is 2.46. The van der Waals surface area contributed by atoms with Crippen LogP contribution < -0.4 is 0 Å². The molecule has 1 aliphatic carbocycles. The fourth-order valence-electron chi connectivity index (χ4n) is 3.47. The molecule has 0 radical (unpaired) electrons. The zero-order chi connectivity index (χ0) is 14.4. The Bertz CT molecular complexity index is 637. The fourth-order valence-corrected chi connectivity index (χ4v) is 3.47. The Kier molecular flexibility index (Phi) is 3.01. The van der Waals surface area contributed by atoms with Crippen LogP contribution in [0.1, 0.15) is 47.9 Å². The van der Waals surface area contributed by atoms with E-state index >= 15 is 0 Å². The summed E-state index contributed by atoms with van der Waals surface area (Å²) in [6, 6.07) is 12.6. The molecule has 20 heavy (non-hydrogen) atoms. The van der Waals surface area contributed by atoms with Gasteiger partial charge in [-0.25, -0.2) is 0 Å². The van der Waals surface area contributed by atoms with Crippen molar-refractivity contribution in [2.75, 3.05) is 0 Å². The van der Waals surface area contributed by atoms with Gasteiger partial charge in [-0.1, -0.05) is 50.2 Å². The van der Waals surface area contributed by atoms with Gasteiger partial charge in [0, 0.05) is 11.8 Å². The maximum atomic E-state index is 12.7. The Labute approximate surface area is 120 Å². The zero-order valence-corrected chi connectivity index (χ0v) is 12.5. The van der Waals surface area contributed by atoms with Crippen molar-refractivity contribution in [3.05, 3.63) is 58.7 Å². The van der Waals surface area contributed by atoms with Gasteiger partial charge < -0.3 is 0 Å². The molecule has 0 N–H and O–H groups in total. The van der Waals surface area contributed by atoms with Crippen molar-refractivity contribution < 1.29 is 4.79 Å². The smallest absolute Gasteiger partial charge is 0.147 e. The molecule has 1 nitrogen and oxygen atoms in total. The van der Waals surface area contributed by atoms with E-state index in [1.807, 2.05) is 13.8 Å². The molecule has 0 fully saturated rings. The van der Waals surface area contributed by atoms with Crippen LogP contribution in [-0.2, 0) is 4.79 Å². The maximum absolute atomic E-state index is 12.7. The predicted molar refractivity (Wildman–Crippen MR) is 83.2 cm³/mol. The molecule has 2 atom stereocenters. The highest BCUT2D eigenvalue weighted by Gasteiger charge is 2.31. The Morgan fingerprint density at radius 1 is 0.750 bits per heavy atom. The van der Waals surface area contributed by atoms with Gasteiger partial charge in [0.05, 0.1) is 0 Å². The minimum Gasteiger partial charge on any atom is -0.298 e. The van der Waals surface area contributed by atoms with Gasteiger partial charge in [-0.05, 0) is 47.2 Å². The van der Waals surface area contributed by atoms with Crippen molar-refractivity contribution in [1.82, 2.24) is 0 Å². The van der Waals surface area contributed by atoms with E-state index < -0.39 is 0 Å². The largest absolute Gasteiger partial charge is 0.298 e. The van der Waals surface area contributed by atoms with Crippen molar-refractivity contribution >= 4 is 5.78 Å². The summed E-state index contributed by atoms with van der Waals surface area (Å²) in [4.78, 5) is 12.7. The monoisotopic (exact) mass is 264 g/mol. The summed E-state index contributed by atoms with van der Waals surface area (Å²) in [6.07, 6.45) is 0. The summed E-state index contributed by atoms with van der Waals surface area (Å²) >= 11 is 0. The molecule has 102 valence electrons. The molecule has 0 aliphatic heterocycles. The number of carbonyl (C=O) groups is 1. The molecule has 0 saturated heterocycles. The summed E-state index contributed by atoms with van der Waals surface area (Å²) in [5, 5.41) is 0. The van der Waals surface area contributed by atoms with Gasteiger partial charge in [0.2, 0.25) is 0 Å². The highest BCUT2D eigenvalue weighted by molar-refractivity contribution is 5.98. The maximum Gasteiger partial charge on any atom is 0.147 e. The van der Waals surface area contributed by atoms with E-state index in [1.54, 1.807) is 0 Å². The summed E-state index contributed by atoms with van der Waals surface area (Å²) in [7, 11) is 0. The number of hydrogen-bond acceptors (Lipinski definition) is 1. The molecule has 0 amide bonds. The molecular formula is C19H20O. The van der Waals surface area contributed by atoms with E-state index in [-0.39, 0.29) is 11.8 Å². The highest BCUT2D eigenvalue weighted by Crippen LogP contribution is 2.44.